The molecule has 2 aromatic rings. The largest absolute Gasteiger partial charge is 0.390 e. The molecule has 0 spiro atoms. The number of aliphatic hydroxyl groups excluding tert-OH is 1. The van der Waals surface area contributed by atoms with E-state index in [1.54, 1.807) is 0 Å². The molecule has 2 aromatic heterocycles. The monoisotopic (exact) mass is 206 g/mol. The molecule has 0 fully saturated rings. The van der Waals surface area contributed by atoms with Crippen molar-refractivity contribution in [1.82, 2.24) is 9.72 Å². The Labute approximate surface area is 88.1 Å². The van der Waals surface area contributed by atoms with Crippen molar-refractivity contribution in [3.05, 3.63) is 41.0 Å². The van der Waals surface area contributed by atoms with Gasteiger partial charge in [-0.1, -0.05) is 5.16 Å². The Morgan fingerprint density at radius 3 is 2.87 bits per heavy atom. The van der Waals surface area contributed by atoms with Crippen LogP contribution in [0, 0.1) is 13.8 Å². The smallest absolute Gasteiger partial charge is 0.138 e. The van der Waals surface area contributed by atoms with E-state index in [4.69, 9.17) is 9.63 Å². The van der Waals surface area contributed by atoms with Crippen LogP contribution in [0.2, 0.25) is 0 Å². The van der Waals surface area contributed by atoms with Crippen LogP contribution in [0.15, 0.2) is 22.9 Å². The molecule has 0 aliphatic rings. The van der Waals surface area contributed by atoms with Crippen LogP contribution < -0.4 is 0 Å². The summed E-state index contributed by atoms with van der Waals surface area (Å²) in [7, 11) is 0. The van der Waals surface area contributed by atoms with Gasteiger partial charge in [-0.05, 0) is 26.0 Å². The number of hydrogen-bond donors (Lipinski definition) is 1. The van der Waals surface area contributed by atoms with Gasteiger partial charge in [-0.15, -0.1) is 0 Å². The lowest BCUT2D eigenvalue weighted by atomic mass is 10.2. The molecule has 80 valence electrons. The SMILES string of the molecule is Cc1noc(C)c1Cn1cccc1CO. The lowest BCUT2D eigenvalue weighted by molar-refractivity contribution is 0.271. The van der Waals surface area contributed by atoms with Crippen LogP contribution in [0.5, 0.6) is 0 Å². The Balaban J connectivity index is 2.29. The Morgan fingerprint density at radius 1 is 1.47 bits per heavy atom. The fourth-order valence-corrected chi connectivity index (χ4v) is 1.65. The van der Waals surface area contributed by atoms with Crippen molar-refractivity contribution >= 4 is 0 Å². The molecule has 4 heteroatoms. The molecule has 0 unspecified atom stereocenters. The summed E-state index contributed by atoms with van der Waals surface area (Å²) in [5.41, 5.74) is 2.89. The van der Waals surface area contributed by atoms with Gasteiger partial charge in [0.25, 0.3) is 0 Å². The predicted octanol–water partition coefficient (Wildman–Crippen LogP) is 1.63. The number of aromatic nitrogens is 2. The summed E-state index contributed by atoms with van der Waals surface area (Å²) in [4.78, 5) is 0. The summed E-state index contributed by atoms with van der Waals surface area (Å²) in [5.74, 6) is 0.838. The van der Waals surface area contributed by atoms with Gasteiger partial charge in [-0.3, -0.25) is 0 Å². The van der Waals surface area contributed by atoms with Gasteiger partial charge in [0.1, 0.15) is 5.76 Å². The molecular formula is C11H14N2O2. The Hall–Kier alpha value is -1.55. The second-order valence-electron chi connectivity index (χ2n) is 3.59. The van der Waals surface area contributed by atoms with Crippen LogP contribution in [0.4, 0.5) is 0 Å². The molecule has 0 aliphatic carbocycles. The topological polar surface area (TPSA) is 51.2 Å². The van der Waals surface area contributed by atoms with E-state index in [1.165, 1.54) is 0 Å². The molecule has 0 atom stereocenters. The summed E-state index contributed by atoms with van der Waals surface area (Å²) >= 11 is 0. The van der Waals surface area contributed by atoms with Gasteiger partial charge < -0.3 is 14.2 Å². The van der Waals surface area contributed by atoms with Crippen molar-refractivity contribution in [1.29, 1.82) is 0 Å². The maximum atomic E-state index is 9.11. The molecule has 0 aliphatic heterocycles. The highest BCUT2D eigenvalue weighted by molar-refractivity contribution is 5.22. The molecule has 4 nitrogen and oxygen atoms in total. The van der Waals surface area contributed by atoms with Crippen LogP contribution in [-0.4, -0.2) is 14.8 Å². The van der Waals surface area contributed by atoms with Crippen molar-refractivity contribution in [3.63, 3.8) is 0 Å². The first-order valence-electron chi connectivity index (χ1n) is 4.89. The minimum absolute atomic E-state index is 0.0520. The van der Waals surface area contributed by atoms with Crippen molar-refractivity contribution < 1.29 is 9.63 Å². The summed E-state index contributed by atoms with van der Waals surface area (Å²) in [6.07, 6.45) is 1.94. The van der Waals surface area contributed by atoms with Gasteiger partial charge in [0, 0.05) is 17.5 Å². The highest BCUT2D eigenvalue weighted by atomic mass is 16.5. The number of aliphatic hydroxyl groups is 1. The fraction of sp³-hybridized carbons (Fsp3) is 0.364. The van der Waals surface area contributed by atoms with Crippen LogP contribution in [-0.2, 0) is 13.2 Å². The third kappa shape index (κ3) is 1.80. The predicted molar refractivity (Wildman–Crippen MR) is 55.4 cm³/mol. The summed E-state index contributed by atoms with van der Waals surface area (Å²) < 4.78 is 7.08. The quantitative estimate of drug-likeness (QED) is 0.830. The Kier molecular flexibility index (Phi) is 2.60. The zero-order chi connectivity index (χ0) is 10.8. The van der Waals surface area contributed by atoms with Crippen molar-refractivity contribution in [3.8, 4) is 0 Å². The van der Waals surface area contributed by atoms with Crippen molar-refractivity contribution in [2.75, 3.05) is 0 Å². The molecule has 2 rings (SSSR count). The molecule has 2 heterocycles. The number of rotatable bonds is 3. The molecule has 0 saturated carbocycles. The molecule has 1 N–H and O–H groups in total. The molecule has 0 aromatic carbocycles. The third-order valence-electron chi connectivity index (χ3n) is 2.60. The van der Waals surface area contributed by atoms with E-state index >= 15 is 0 Å². The van der Waals surface area contributed by atoms with E-state index in [-0.39, 0.29) is 6.61 Å². The first-order chi connectivity index (χ1) is 7.22. The van der Waals surface area contributed by atoms with E-state index in [9.17, 15) is 0 Å². The molecule has 0 bridgehead atoms. The summed E-state index contributed by atoms with van der Waals surface area (Å²) in [5, 5.41) is 13.0. The summed E-state index contributed by atoms with van der Waals surface area (Å²) in [6.45, 7) is 4.58. The average Bonchev–Trinajstić information content (AvgIpc) is 2.79. The van der Waals surface area contributed by atoms with Gasteiger partial charge in [-0.25, -0.2) is 0 Å². The molecule has 0 radical (unpaired) electrons. The van der Waals surface area contributed by atoms with E-state index in [0.29, 0.717) is 6.54 Å². The highest BCUT2D eigenvalue weighted by Gasteiger charge is 2.10. The molecule has 15 heavy (non-hydrogen) atoms. The summed E-state index contributed by atoms with van der Waals surface area (Å²) in [6, 6.07) is 3.82. The number of nitrogens with zero attached hydrogens (tertiary/aromatic N) is 2. The van der Waals surface area contributed by atoms with Crippen molar-refractivity contribution in [2.24, 2.45) is 0 Å². The second kappa shape index (κ2) is 3.90. The number of hydrogen-bond acceptors (Lipinski definition) is 3. The highest BCUT2D eigenvalue weighted by Crippen LogP contribution is 2.15. The first kappa shape index (κ1) is 9.98. The van der Waals surface area contributed by atoms with E-state index in [1.807, 2.05) is 36.7 Å². The van der Waals surface area contributed by atoms with Gasteiger partial charge in [-0.2, -0.15) is 0 Å². The lowest BCUT2D eigenvalue weighted by Gasteiger charge is -2.06. The zero-order valence-corrected chi connectivity index (χ0v) is 8.90. The van der Waals surface area contributed by atoms with Crippen molar-refractivity contribution in [2.45, 2.75) is 27.0 Å². The lowest BCUT2D eigenvalue weighted by Crippen LogP contribution is -2.04. The minimum atomic E-state index is 0.0520. The first-order valence-corrected chi connectivity index (χ1v) is 4.89. The van der Waals surface area contributed by atoms with Gasteiger partial charge in [0.15, 0.2) is 0 Å². The third-order valence-corrected chi connectivity index (χ3v) is 2.60. The Morgan fingerprint density at radius 2 is 2.27 bits per heavy atom. The van der Waals surface area contributed by atoms with Crippen LogP contribution >= 0.6 is 0 Å². The molecular weight excluding hydrogens is 192 g/mol. The van der Waals surface area contributed by atoms with Gasteiger partial charge >= 0.3 is 0 Å². The average molecular weight is 206 g/mol. The van der Waals surface area contributed by atoms with E-state index in [0.717, 1.165) is 22.7 Å². The molecule has 0 saturated heterocycles. The number of aryl methyl sites for hydroxylation is 2. The fourth-order valence-electron chi connectivity index (χ4n) is 1.65. The zero-order valence-electron chi connectivity index (χ0n) is 8.90. The van der Waals surface area contributed by atoms with Crippen LogP contribution in [0.1, 0.15) is 22.7 Å². The maximum Gasteiger partial charge on any atom is 0.138 e. The minimum Gasteiger partial charge on any atom is -0.390 e. The standard InChI is InChI=1S/C11H14N2O2/c1-8-11(9(2)15-12-8)6-13-5-3-4-10(13)7-14/h3-5,14H,6-7H2,1-2H3. The van der Waals surface area contributed by atoms with Crippen LogP contribution in [0.25, 0.3) is 0 Å². The van der Waals surface area contributed by atoms with Gasteiger partial charge in [0.2, 0.25) is 0 Å². The molecule has 0 amide bonds. The Bertz CT molecular complexity index is 437. The van der Waals surface area contributed by atoms with Crippen LogP contribution in [0.3, 0.4) is 0 Å². The van der Waals surface area contributed by atoms with E-state index < -0.39 is 0 Å². The van der Waals surface area contributed by atoms with Gasteiger partial charge in [0.05, 0.1) is 18.8 Å². The van der Waals surface area contributed by atoms with E-state index in [2.05, 4.69) is 5.16 Å². The normalized spacial score (nSPS) is 10.9. The maximum absolute atomic E-state index is 9.11. The second-order valence-corrected chi connectivity index (χ2v) is 3.59.